The third-order valence-corrected chi connectivity index (χ3v) is 4.25. The molecule has 1 aromatic carbocycles. The van der Waals surface area contributed by atoms with E-state index in [0.717, 1.165) is 4.88 Å². The highest BCUT2D eigenvalue weighted by molar-refractivity contribution is 7.09. The van der Waals surface area contributed by atoms with Crippen molar-refractivity contribution in [3.8, 4) is 0 Å². The summed E-state index contributed by atoms with van der Waals surface area (Å²) < 4.78 is 18.7. The lowest BCUT2D eigenvalue weighted by atomic mass is 9.92. The van der Waals surface area contributed by atoms with Crippen LogP contribution >= 0.6 is 11.3 Å². The van der Waals surface area contributed by atoms with Gasteiger partial charge in [0.15, 0.2) is 0 Å². The molecule has 0 aliphatic heterocycles. The second-order valence-corrected chi connectivity index (χ2v) is 6.06. The van der Waals surface area contributed by atoms with Gasteiger partial charge in [-0.25, -0.2) is 4.39 Å². The summed E-state index contributed by atoms with van der Waals surface area (Å²) in [6, 6.07) is 10.4. The molecule has 1 heterocycles. The van der Waals surface area contributed by atoms with Crippen molar-refractivity contribution >= 4 is 17.3 Å². The van der Waals surface area contributed by atoms with E-state index in [1.807, 2.05) is 17.5 Å². The molecule has 1 N–H and O–H groups in total. The smallest absolute Gasteiger partial charge is 0.326 e. The van der Waals surface area contributed by atoms with Gasteiger partial charge >= 0.3 is 5.97 Å². The Morgan fingerprint density at radius 1 is 1.33 bits per heavy atom. The summed E-state index contributed by atoms with van der Waals surface area (Å²) in [6.07, 6.45) is 0.234. The molecule has 1 unspecified atom stereocenters. The molecule has 1 aromatic heterocycles. The maximum absolute atomic E-state index is 13.8. The number of esters is 1. The van der Waals surface area contributed by atoms with Gasteiger partial charge in [0, 0.05) is 17.8 Å². The first-order chi connectivity index (χ1) is 10.0. The molecule has 0 spiro atoms. The number of carbonyl (C=O) groups excluding carboxylic acids is 1. The van der Waals surface area contributed by atoms with Gasteiger partial charge in [0.2, 0.25) is 0 Å². The van der Waals surface area contributed by atoms with E-state index in [-0.39, 0.29) is 12.2 Å². The first-order valence-corrected chi connectivity index (χ1v) is 7.52. The summed E-state index contributed by atoms with van der Waals surface area (Å²) in [7, 11) is 1.34. The fraction of sp³-hybridized carbons (Fsp3) is 0.312. The number of carbonyl (C=O) groups is 1. The van der Waals surface area contributed by atoms with Crippen LogP contribution in [0.1, 0.15) is 17.4 Å². The number of benzene rings is 1. The van der Waals surface area contributed by atoms with Gasteiger partial charge in [0.1, 0.15) is 11.4 Å². The molecule has 3 nitrogen and oxygen atoms in total. The summed E-state index contributed by atoms with van der Waals surface area (Å²) in [5.41, 5.74) is -0.481. The molecule has 0 aliphatic rings. The molecule has 0 fully saturated rings. The van der Waals surface area contributed by atoms with Gasteiger partial charge in [0.05, 0.1) is 7.11 Å². The highest BCUT2D eigenvalue weighted by atomic mass is 32.1. The van der Waals surface area contributed by atoms with Gasteiger partial charge in [-0.1, -0.05) is 24.3 Å². The molecule has 5 heteroatoms. The number of hydrogen-bond donors (Lipinski definition) is 1. The highest BCUT2D eigenvalue weighted by Crippen LogP contribution is 2.19. The Bertz CT molecular complexity index is 600. The van der Waals surface area contributed by atoms with Crippen molar-refractivity contribution in [1.82, 2.24) is 5.32 Å². The molecule has 2 rings (SSSR count). The van der Waals surface area contributed by atoms with Crippen molar-refractivity contribution in [3.63, 3.8) is 0 Å². The summed E-state index contributed by atoms with van der Waals surface area (Å²) in [4.78, 5) is 13.2. The Hall–Kier alpha value is -1.72. The van der Waals surface area contributed by atoms with Crippen molar-refractivity contribution in [2.45, 2.75) is 25.4 Å². The van der Waals surface area contributed by atoms with Gasteiger partial charge in [0.25, 0.3) is 0 Å². The zero-order valence-electron chi connectivity index (χ0n) is 12.1. The molecule has 0 amide bonds. The molecule has 0 saturated heterocycles. The third kappa shape index (κ3) is 3.89. The Kier molecular flexibility index (Phi) is 5.09. The molecular weight excluding hydrogens is 289 g/mol. The molecule has 2 aromatic rings. The Morgan fingerprint density at radius 3 is 2.71 bits per heavy atom. The summed E-state index contributed by atoms with van der Waals surface area (Å²) in [6.45, 7) is 2.27. The van der Waals surface area contributed by atoms with Gasteiger partial charge in [-0.2, -0.15) is 0 Å². The van der Waals surface area contributed by atoms with E-state index in [4.69, 9.17) is 4.74 Å². The average Bonchev–Trinajstić information content (AvgIpc) is 3.00. The van der Waals surface area contributed by atoms with Crippen LogP contribution in [0.25, 0.3) is 0 Å². The first kappa shape index (κ1) is 15.7. The summed E-state index contributed by atoms with van der Waals surface area (Å²) in [5.74, 6) is -0.715. The molecular formula is C16H18FNO2S. The molecule has 0 radical (unpaired) electrons. The highest BCUT2D eigenvalue weighted by Gasteiger charge is 2.34. The molecule has 21 heavy (non-hydrogen) atoms. The normalized spacial score (nSPS) is 13.7. The Morgan fingerprint density at radius 2 is 2.10 bits per heavy atom. The molecule has 0 bridgehead atoms. The van der Waals surface area contributed by atoms with Crippen molar-refractivity contribution in [2.75, 3.05) is 7.11 Å². The fourth-order valence-corrected chi connectivity index (χ4v) is 2.79. The quantitative estimate of drug-likeness (QED) is 0.833. The van der Waals surface area contributed by atoms with E-state index < -0.39 is 11.5 Å². The van der Waals surface area contributed by atoms with Gasteiger partial charge < -0.3 is 4.74 Å². The lowest BCUT2D eigenvalue weighted by Gasteiger charge is -2.28. The molecule has 0 aliphatic carbocycles. The maximum Gasteiger partial charge on any atom is 0.326 e. The SMILES string of the molecule is COC(=O)C(C)(Cc1ccccc1F)NCc1cccs1. The zero-order valence-corrected chi connectivity index (χ0v) is 12.9. The molecule has 112 valence electrons. The van der Waals surface area contributed by atoms with Gasteiger partial charge in [-0.3, -0.25) is 10.1 Å². The van der Waals surface area contributed by atoms with Crippen LogP contribution in [0.15, 0.2) is 41.8 Å². The zero-order chi connectivity index (χ0) is 15.3. The lowest BCUT2D eigenvalue weighted by molar-refractivity contribution is -0.148. The van der Waals surface area contributed by atoms with Crippen LogP contribution in [0.5, 0.6) is 0 Å². The fourth-order valence-electron chi connectivity index (χ4n) is 2.15. The summed E-state index contributed by atoms with van der Waals surface area (Å²) >= 11 is 1.60. The topological polar surface area (TPSA) is 38.3 Å². The maximum atomic E-state index is 13.8. The lowest BCUT2D eigenvalue weighted by Crippen LogP contribution is -2.51. The third-order valence-electron chi connectivity index (χ3n) is 3.37. The van der Waals surface area contributed by atoms with Crippen molar-refractivity contribution in [1.29, 1.82) is 0 Å². The monoisotopic (exact) mass is 307 g/mol. The first-order valence-electron chi connectivity index (χ1n) is 6.64. The molecule has 0 saturated carbocycles. The van der Waals surface area contributed by atoms with Crippen LogP contribution in [0.3, 0.4) is 0 Å². The van der Waals surface area contributed by atoms with Crippen LogP contribution in [0, 0.1) is 5.82 Å². The van der Waals surface area contributed by atoms with Gasteiger partial charge in [-0.05, 0) is 30.0 Å². The minimum Gasteiger partial charge on any atom is -0.468 e. The van der Waals surface area contributed by atoms with Crippen LogP contribution in [0.2, 0.25) is 0 Å². The Labute approximate surface area is 127 Å². The number of halogens is 1. The Balaban J connectivity index is 2.16. The number of ether oxygens (including phenoxy) is 1. The van der Waals surface area contributed by atoms with E-state index in [1.54, 1.807) is 36.5 Å². The molecule has 1 atom stereocenters. The minimum absolute atomic E-state index is 0.234. The predicted octanol–water partition coefficient (Wildman–Crippen LogP) is 3.15. The second-order valence-electron chi connectivity index (χ2n) is 5.02. The standard InChI is InChI=1S/C16H18FNO2S/c1-16(15(19)20-2,18-11-13-7-5-9-21-13)10-12-6-3-4-8-14(12)17/h3-9,18H,10-11H2,1-2H3. The van der Waals surface area contributed by atoms with E-state index >= 15 is 0 Å². The number of thiophene rings is 1. The largest absolute Gasteiger partial charge is 0.468 e. The minimum atomic E-state index is -0.971. The van der Waals surface area contributed by atoms with E-state index in [9.17, 15) is 9.18 Å². The predicted molar refractivity (Wildman–Crippen MR) is 81.7 cm³/mol. The van der Waals surface area contributed by atoms with E-state index in [2.05, 4.69) is 5.32 Å². The van der Waals surface area contributed by atoms with Crippen LogP contribution < -0.4 is 5.32 Å². The van der Waals surface area contributed by atoms with Gasteiger partial charge in [-0.15, -0.1) is 11.3 Å². The van der Waals surface area contributed by atoms with Crippen molar-refractivity contribution in [2.24, 2.45) is 0 Å². The second kappa shape index (κ2) is 6.83. The number of nitrogens with one attached hydrogen (secondary N) is 1. The van der Waals surface area contributed by atoms with Crippen LogP contribution in [-0.4, -0.2) is 18.6 Å². The number of methoxy groups -OCH3 is 1. The van der Waals surface area contributed by atoms with Crippen molar-refractivity contribution in [3.05, 3.63) is 58.0 Å². The van der Waals surface area contributed by atoms with Crippen LogP contribution in [0.4, 0.5) is 4.39 Å². The van der Waals surface area contributed by atoms with Crippen LogP contribution in [-0.2, 0) is 22.5 Å². The number of rotatable bonds is 6. The van der Waals surface area contributed by atoms with Crippen molar-refractivity contribution < 1.29 is 13.9 Å². The number of hydrogen-bond acceptors (Lipinski definition) is 4. The van der Waals surface area contributed by atoms with E-state index in [0.29, 0.717) is 12.1 Å². The summed E-state index contributed by atoms with van der Waals surface area (Å²) in [5, 5.41) is 5.17. The average molecular weight is 307 g/mol. The van der Waals surface area contributed by atoms with E-state index in [1.165, 1.54) is 13.2 Å².